The molecule has 33 heavy (non-hydrogen) atoms. The molecule has 0 aliphatic carbocycles. The van der Waals surface area contributed by atoms with Gasteiger partial charge in [-0.15, -0.1) is 0 Å². The van der Waals surface area contributed by atoms with E-state index in [4.69, 9.17) is 25.8 Å². The molecule has 1 amide bonds. The SMILES string of the molecule is COc1cc(/C=N/NC(=O)c2ccc(O)c(Cl)c2)cc(C#CCOc2ccccc2)c1OC. The van der Waals surface area contributed by atoms with Crippen molar-refractivity contribution in [3.63, 3.8) is 0 Å². The quantitative estimate of drug-likeness (QED) is 0.310. The molecule has 0 heterocycles. The van der Waals surface area contributed by atoms with E-state index in [-0.39, 0.29) is 22.9 Å². The second-order valence-corrected chi connectivity index (χ2v) is 6.98. The third-order valence-electron chi connectivity index (χ3n) is 4.37. The summed E-state index contributed by atoms with van der Waals surface area (Å²) < 4.78 is 16.4. The van der Waals surface area contributed by atoms with Gasteiger partial charge in [-0.1, -0.05) is 41.6 Å². The molecule has 7 nitrogen and oxygen atoms in total. The van der Waals surface area contributed by atoms with Crippen molar-refractivity contribution in [1.82, 2.24) is 5.43 Å². The van der Waals surface area contributed by atoms with Gasteiger partial charge in [0.05, 0.1) is 31.0 Å². The van der Waals surface area contributed by atoms with Crippen LogP contribution in [0.1, 0.15) is 21.5 Å². The zero-order chi connectivity index (χ0) is 23.6. The van der Waals surface area contributed by atoms with E-state index in [9.17, 15) is 9.90 Å². The van der Waals surface area contributed by atoms with Crippen molar-refractivity contribution in [1.29, 1.82) is 0 Å². The molecule has 3 aromatic rings. The Kier molecular flexibility index (Phi) is 8.17. The summed E-state index contributed by atoms with van der Waals surface area (Å²) in [5, 5.41) is 13.5. The highest BCUT2D eigenvalue weighted by Crippen LogP contribution is 2.31. The first-order valence-corrected chi connectivity index (χ1v) is 10.1. The van der Waals surface area contributed by atoms with Gasteiger partial charge in [0.25, 0.3) is 5.91 Å². The first-order valence-electron chi connectivity index (χ1n) is 9.76. The number of benzene rings is 3. The summed E-state index contributed by atoms with van der Waals surface area (Å²) in [7, 11) is 3.05. The van der Waals surface area contributed by atoms with Crippen molar-refractivity contribution < 1.29 is 24.1 Å². The van der Waals surface area contributed by atoms with Gasteiger partial charge in [-0.2, -0.15) is 5.10 Å². The van der Waals surface area contributed by atoms with Crippen LogP contribution in [0.25, 0.3) is 0 Å². The number of para-hydroxylation sites is 1. The van der Waals surface area contributed by atoms with E-state index >= 15 is 0 Å². The Morgan fingerprint density at radius 3 is 2.61 bits per heavy atom. The van der Waals surface area contributed by atoms with Crippen LogP contribution in [0.4, 0.5) is 0 Å². The van der Waals surface area contributed by atoms with Gasteiger partial charge in [0.1, 0.15) is 18.1 Å². The number of phenolic OH excluding ortho intramolecular Hbond substituents is 1. The van der Waals surface area contributed by atoms with Crippen LogP contribution in [-0.4, -0.2) is 38.1 Å². The van der Waals surface area contributed by atoms with Crippen LogP contribution in [0, 0.1) is 11.8 Å². The van der Waals surface area contributed by atoms with E-state index in [1.807, 2.05) is 30.3 Å². The van der Waals surface area contributed by atoms with Gasteiger partial charge >= 0.3 is 0 Å². The molecule has 0 radical (unpaired) electrons. The Morgan fingerprint density at radius 2 is 1.91 bits per heavy atom. The lowest BCUT2D eigenvalue weighted by Crippen LogP contribution is -2.17. The Hall–Kier alpha value is -4.15. The zero-order valence-corrected chi connectivity index (χ0v) is 18.7. The van der Waals surface area contributed by atoms with E-state index in [1.54, 1.807) is 12.1 Å². The lowest BCUT2D eigenvalue weighted by molar-refractivity contribution is 0.0955. The van der Waals surface area contributed by atoms with Gasteiger partial charge in [0, 0.05) is 5.56 Å². The standard InChI is InChI=1S/C25H21ClN2O5/c1-31-23-14-17(16-27-28-25(30)19-10-11-22(29)21(26)15-19)13-18(24(23)32-2)7-6-12-33-20-8-4-3-5-9-20/h3-5,8-11,13-16,29H,12H2,1-2H3,(H,28,30)/b27-16+. The summed E-state index contributed by atoms with van der Waals surface area (Å²) in [6.07, 6.45) is 1.45. The monoisotopic (exact) mass is 464 g/mol. The molecule has 0 aromatic heterocycles. The zero-order valence-electron chi connectivity index (χ0n) is 18.0. The van der Waals surface area contributed by atoms with Crippen LogP contribution in [0.2, 0.25) is 5.02 Å². The molecule has 0 saturated heterocycles. The summed E-state index contributed by atoms with van der Waals surface area (Å²) in [6, 6.07) is 17.0. The Bertz CT molecular complexity index is 1220. The number of ether oxygens (including phenoxy) is 3. The van der Waals surface area contributed by atoms with Crippen LogP contribution < -0.4 is 19.6 Å². The highest BCUT2D eigenvalue weighted by Gasteiger charge is 2.11. The molecule has 0 unspecified atom stereocenters. The van der Waals surface area contributed by atoms with Crippen molar-refractivity contribution in [2.45, 2.75) is 0 Å². The highest BCUT2D eigenvalue weighted by atomic mass is 35.5. The number of methoxy groups -OCH3 is 2. The van der Waals surface area contributed by atoms with Crippen LogP contribution in [0.3, 0.4) is 0 Å². The lowest BCUT2D eigenvalue weighted by atomic mass is 10.1. The number of carbonyl (C=O) groups is 1. The molecule has 0 atom stereocenters. The number of phenols is 1. The highest BCUT2D eigenvalue weighted by molar-refractivity contribution is 6.32. The average molecular weight is 465 g/mol. The minimum atomic E-state index is -0.480. The third kappa shape index (κ3) is 6.42. The van der Waals surface area contributed by atoms with Gasteiger partial charge in [0.2, 0.25) is 0 Å². The van der Waals surface area contributed by atoms with E-state index < -0.39 is 5.91 Å². The number of amides is 1. The number of aromatic hydroxyl groups is 1. The summed E-state index contributed by atoms with van der Waals surface area (Å²) in [4.78, 5) is 12.2. The number of halogens is 1. The molecular weight excluding hydrogens is 444 g/mol. The Labute approximate surface area is 196 Å². The van der Waals surface area contributed by atoms with Gasteiger partial charge in [-0.05, 0) is 48.0 Å². The lowest BCUT2D eigenvalue weighted by Gasteiger charge is -2.10. The van der Waals surface area contributed by atoms with Crippen LogP contribution in [-0.2, 0) is 0 Å². The predicted octanol–water partition coefficient (Wildman–Crippen LogP) is 4.26. The largest absolute Gasteiger partial charge is 0.506 e. The molecule has 3 aromatic carbocycles. The number of rotatable bonds is 7. The van der Waals surface area contributed by atoms with E-state index in [0.717, 1.165) is 5.75 Å². The summed E-state index contributed by atoms with van der Waals surface area (Å²) in [5.74, 6) is 7.05. The predicted molar refractivity (Wildman–Crippen MR) is 127 cm³/mol. The molecule has 2 N–H and O–H groups in total. The second-order valence-electron chi connectivity index (χ2n) is 6.57. The topological polar surface area (TPSA) is 89.4 Å². The van der Waals surface area contributed by atoms with Crippen molar-refractivity contribution in [3.8, 4) is 34.8 Å². The summed E-state index contributed by atoms with van der Waals surface area (Å²) in [5.41, 5.74) is 3.87. The molecule has 0 spiro atoms. The molecule has 0 saturated carbocycles. The second kappa shape index (κ2) is 11.5. The maximum atomic E-state index is 12.2. The van der Waals surface area contributed by atoms with Gasteiger partial charge in [-0.25, -0.2) is 5.43 Å². The van der Waals surface area contributed by atoms with Gasteiger partial charge < -0.3 is 19.3 Å². The molecule has 3 rings (SSSR count). The smallest absolute Gasteiger partial charge is 0.271 e. The van der Waals surface area contributed by atoms with Crippen molar-refractivity contribution in [2.24, 2.45) is 5.10 Å². The Balaban J connectivity index is 1.74. The van der Waals surface area contributed by atoms with E-state index in [0.29, 0.717) is 22.6 Å². The molecular formula is C25H21ClN2O5. The summed E-state index contributed by atoms with van der Waals surface area (Å²) in [6.45, 7) is 0.193. The fraction of sp³-hybridized carbons (Fsp3) is 0.120. The minimum Gasteiger partial charge on any atom is -0.506 e. The first-order chi connectivity index (χ1) is 16.0. The fourth-order valence-electron chi connectivity index (χ4n) is 2.80. The Morgan fingerprint density at radius 1 is 1.12 bits per heavy atom. The number of nitrogens with one attached hydrogen (secondary N) is 1. The van der Waals surface area contributed by atoms with Crippen molar-refractivity contribution in [2.75, 3.05) is 20.8 Å². The van der Waals surface area contributed by atoms with E-state index in [1.165, 1.54) is 38.6 Å². The van der Waals surface area contributed by atoms with Crippen LogP contribution in [0.15, 0.2) is 65.8 Å². The minimum absolute atomic E-state index is 0.0750. The van der Waals surface area contributed by atoms with Crippen molar-refractivity contribution in [3.05, 3.63) is 82.4 Å². The van der Waals surface area contributed by atoms with E-state index in [2.05, 4.69) is 22.4 Å². The fourth-order valence-corrected chi connectivity index (χ4v) is 2.98. The number of hydrogen-bond donors (Lipinski definition) is 2. The number of carbonyl (C=O) groups excluding carboxylic acids is 1. The molecule has 0 bridgehead atoms. The van der Waals surface area contributed by atoms with Gasteiger partial charge in [0.15, 0.2) is 11.5 Å². The molecule has 168 valence electrons. The number of nitrogens with zero attached hydrogens (tertiary/aromatic N) is 1. The molecule has 0 aliphatic heterocycles. The number of hydrazone groups is 1. The normalized spacial score (nSPS) is 10.3. The first kappa shape index (κ1) is 23.5. The average Bonchev–Trinajstić information content (AvgIpc) is 2.83. The maximum Gasteiger partial charge on any atom is 0.271 e. The summed E-state index contributed by atoms with van der Waals surface area (Å²) >= 11 is 5.84. The van der Waals surface area contributed by atoms with Crippen molar-refractivity contribution >= 4 is 23.7 Å². The third-order valence-corrected chi connectivity index (χ3v) is 4.67. The molecule has 8 heteroatoms. The number of hydrogen-bond acceptors (Lipinski definition) is 6. The molecule has 0 aliphatic rings. The van der Waals surface area contributed by atoms with Gasteiger partial charge in [-0.3, -0.25) is 4.79 Å². The van der Waals surface area contributed by atoms with Crippen LogP contribution >= 0.6 is 11.6 Å². The molecule has 0 fully saturated rings. The maximum absolute atomic E-state index is 12.2. The van der Waals surface area contributed by atoms with Crippen LogP contribution in [0.5, 0.6) is 23.0 Å².